The molecule has 0 saturated heterocycles. The number of hydrogen-bond acceptors (Lipinski definition) is 4. The molecule has 1 atom stereocenters. The number of nitrogens with one attached hydrogen (secondary N) is 1. The zero-order chi connectivity index (χ0) is 24.1. The first-order chi connectivity index (χ1) is 14.9. The Morgan fingerprint density at radius 3 is 2.06 bits per heavy atom. The van der Waals surface area contributed by atoms with Crippen molar-refractivity contribution in [3.05, 3.63) is 64.1 Å². The van der Waals surface area contributed by atoms with Crippen LogP contribution in [0.4, 0.5) is 5.69 Å². The molecular weight excluding hydrogens is 473 g/mol. The minimum atomic E-state index is -3.85. The van der Waals surface area contributed by atoms with Crippen molar-refractivity contribution >= 4 is 50.7 Å². The van der Waals surface area contributed by atoms with Crippen molar-refractivity contribution in [1.29, 1.82) is 0 Å². The van der Waals surface area contributed by atoms with Gasteiger partial charge in [0.25, 0.3) is 0 Å². The third kappa shape index (κ3) is 7.39. The minimum absolute atomic E-state index is 0.111. The molecule has 0 aliphatic carbocycles. The molecule has 2 rings (SSSR count). The zero-order valence-corrected chi connectivity index (χ0v) is 20.7. The summed E-state index contributed by atoms with van der Waals surface area (Å²) in [6.07, 6.45) is 0.992. The first kappa shape index (κ1) is 26.0. The van der Waals surface area contributed by atoms with Gasteiger partial charge in [0.15, 0.2) is 0 Å². The minimum Gasteiger partial charge on any atom is -0.352 e. The molecule has 2 aromatic rings. The van der Waals surface area contributed by atoms with E-state index >= 15 is 0 Å². The highest BCUT2D eigenvalue weighted by Crippen LogP contribution is 2.27. The van der Waals surface area contributed by atoms with Crippen LogP contribution in [0.2, 0.25) is 10.0 Å². The second kappa shape index (κ2) is 11.0. The van der Waals surface area contributed by atoms with E-state index in [-0.39, 0.29) is 34.2 Å². The molecule has 0 saturated carbocycles. The Labute approximate surface area is 199 Å². The Morgan fingerprint density at radius 2 is 1.56 bits per heavy atom. The summed E-state index contributed by atoms with van der Waals surface area (Å²) in [6, 6.07) is 12.5. The molecule has 0 heterocycles. The molecule has 32 heavy (non-hydrogen) atoms. The number of sulfonamides is 1. The molecule has 0 aliphatic heterocycles. The number of rotatable bonds is 9. The summed E-state index contributed by atoms with van der Waals surface area (Å²) in [6.45, 7) is 4.88. The third-order valence-corrected chi connectivity index (χ3v) is 6.19. The highest BCUT2D eigenvalue weighted by atomic mass is 35.5. The van der Waals surface area contributed by atoms with Gasteiger partial charge in [0.05, 0.1) is 11.9 Å². The lowest BCUT2D eigenvalue weighted by Gasteiger charge is -2.32. The molecule has 10 heteroatoms. The predicted molar refractivity (Wildman–Crippen MR) is 128 cm³/mol. The molecular formula is C22H27Cl2N3O4S. The summed E-state index contributed by atoms with van der Waals surface area (Å²) >= 11 is 12.1. The molecule has 0 fully saturated rings. The molecule has 0 spiro atoms. The third-order valence-electron chi connectivity index (χ3n) is 4.61. The van der Waals surface area contributed by atoms with Gasteiger partial charge in [0.2, 0.25) is 21.8 Å². The van der Waals surface area contributed by atoms with E-state index in [1.165, 1.54) is 23.1 Å². The lowest BCUT2D eigenvalue weighted by atomic mass is 10.1. The van der Waals surface area contributed by atoms with Crippen LogP contribution in [0.3, 0.4) is 0 Å². The summed E-state index contributed by atoms with van der Waals surface area (Å²) in [5, 5.41) is 3.27. The molecule has 0 bridgehead atoms. The lowest BCUT2D eigenvalue weighted by molar-refractivity contribution is -0.139. The van der Waals surface area contributed by atoms with Crippen LogP contribution < -0.4 is 9.62 Å². The summed E-state index contributed by atoms with van der Waals surface area (Å²) in [5.74, 6) is -0.872. The van der Waals surface area contributed by atoms with Crippen molar-refractivity contribution in [1.82, 2.24) is 10.2 Å². The summed E-state index contributed by atoms with van der Waals surface area (Å²) in [5.41, 5.74) is 0.971. The normalized spacial score (nSPS) is 12.3. The quantitative estimate of drug-likeness (QED) is 0.569. The van der Waals surface area contributed by atoms with E-state index in [0.717, 1.165) is 16.1 Å². The van der Waals surface area contributed by atoms with Crippen molar-refractivity contribution < 1.29 is 18.0 Å². The number of anilines is 1. The first-order valence-corrected chi connectivity index (χ1v) is 12.6. The maximum Gasteiger partial charge on any atom is 0.244 e. The van der Waals surface area contributed by atoms with Gasteiger partial charge in [-0.1, -0.05) is 53.5 Å². The Balaban J connectivity index is 2.40. The molecule has 174 valence electrons. The van der Waals surface area contributed by atoms with Gasteiger partial charge in [-0.3, -0.25) is 13.9 Å². The predicted octanol–water partition coefficient (Wildman–Crippen LogP) is 3.70. The van der Waals surface area contributed by atoms with E-state index in [1.54, 1.807) is 6.92 Å². The fourth-order valence-corrected chi connectivity index (χ4v) is 4.41. The Bertz CT molecular complexity index is 1040. The Morgan fingerprint density at radius 1 is 1.00 bits per heavy atom. The van der Waals surface area contributed by atoms with Crippen LogP contribution in [0.25, 0.3) is 0 Å². The van der Waals surface area contributed by atoms with Crippen LogP contribution in [0.5, 0.6) is 0 Å². The van der Waals surface area contributed by atoms with Gasteiger partial charge in [-0.25, -0.2) is 8.42 Å². The number of amides is 2. The molecule has 1 N–H and O–H groups in total. The Hall–Kier alpha value is -2.29. The SMILES string of the molecule is CC(C)NC(=O)C(C)N(Cc1ccccc1)C(=O)CN(c1cc(Cl)cc(Cl)c1)S(C)(=O)=O. The van der Waals surface area contributed by atoms with Crippen LogP contribution in [0.1, 0.15) is 26.3 Å². The smallest absolute Gasteiger partial charge is 0.244 e. The molecule has 0 radical (unpaired) electrons. The number of carbonyl (C=O) groups excluding carboxylic acids is 2. The summed E-state index contributed by atoms with van der Waals surface area (Å²) in [4.78, 5) is 27.4. The van der Waals surface area contributed by atoms with E-state index in [0.29, 0.717) is 0 Å². The molecule has 0 aromatic heterocycles. The van der Waals surface area contributed by atoms with E-state index in [9.17, 15) is 18.0 Å². The molecule has 2 aromatic carbocycles. The fraction of sp³-hybridized carbons (Fsp3) is 0.364. The highest BCUT2D eigenvalue weighted by molar-refractivity contribution is 7.92. The van der Waals surface area contributed by atoms with Crippen LogP contribution in [0.15, 0.2) is 48.5 Å². The van der Waals surface area contributed by atoms with Gasteiger partial charge in [-0.2, -0.15) is 0 Å². The number of halogens is 2. The maximum absolute atomic E-state index is 13.4. The highest BCUT2D eigenvalue weighted by Gasteiger charge is 2.30. The number of hydrogen-bond donors (Lipinski definition) is 1. The number of benzene rings is 2. The van der Waals surface area contributed by atoms with Gasteiger partial charge in [0, 0.05) is 22.6 Å². The number of nitrogens with zero attached hydrogens (tertiary/aromatic N) is 2. The summed E-state index contributed by atoms with van der Waals surface area (Å²) < 4.78 is 25.9. The molecule has 2 amide bonds. The summed E-state index contributed by atoms with van der Waals surface area (Å²) in [7, 11) is -3.85. The maximum atomic E-state index is 13.4. The van der Waals surface area contributed by atoms with E-state index in [4.69, 9.17) is 23.2 Å². The van der Waals surface area contributed by atoms with Gasteiger partial charge in [0.1, 0.15) is 12.6 Å². The average molecular weight is 500 g/mol. The second-order valence-electron chi connectivity index (χ2n) is 7.74. The van der Waals surface area contributed by atoms with Gasteiger partial charge >= 0.3 is 0 Å². The Kier molecular flexibility index (Phi) is 8.95. The van der Waals surface area contributed by atoms with E-state index < -0.39 is 28.5 Å². The molecule has 7 nitrogen and oxygen atoms in total. The zero-order valence-electron chi connectivity index (χ0n) is 18.4. The van der Waals surface area contributed by atoms with E-state index in [1.807, 2.05) is 44.2 Å². The van der Waals surface area contributed by atoms with Crippen molar-refractivity contribution in [3.63, 3.8) is 0 Å². The van der Waals surface area contributed by atoms with Gasteiger partial charge in [-0.15, -0.1) is 0 Å². The average Bonchev–Trinajstić information content (AvgIpc) is 2.68. The fourth-order valence-electron chi connectivity index (χ4n) is 3.06. The lowest BCUT2D eigenvalue weighted by Crippen LogP contribution is -2.52. The van der Waals surface area contributed by atoms with E-state index in [2.05, 4.69) is 5.32 Å². The standard InChI is InChI=1S/C22H27Cl2N3O4S/c1-15(2)25-22(29)16(3)26(13-17-8-6-5-7-9-17)21(28)14-27(32(4,30)31)20-11-18(23)10-19(24)12-20/h5-12,15-16H,13-14H2,1-4H3,(H,25,29). The number of carbonyl (C=O) groups is 2. The van der Waals surface area contributed by atoms with Crippen LogP contribution in [-0.4, -0.2) is 50.0 Å². The van der Waals surface area contributed by atoms with Crippen molar-refractivity contribution in [2.24, 2.45) is 0 Å². The largest absolute Gasteiger partial charge is 0.352 e. The van der Waals surface area contributed by atoms with Gasteiger partial charge in [-0.05, 0) is 44.5 Å². The molecule has 1 unspecified atom stereocenters. The van der Waals surface area contributed by atoms with Crippen molar-refractivity contribution in [3.8, 4) is 0 Å². The molecule has 0 aliphatic rings. The monoisotopic (exact) mass is 499 g/mol. The van der Waals surface area contributed by atoms with Crippen LogP contribution in [-0.2, 0) is 26.2 Å². The van der Waals surface area contributed by atoms with Crippen molar-refractivity contribution in [2.75, 3.05) is 17.1 Å². The van der Waals surface area contributed by atoms with Crippen LogP contribution in [0, 0.1) is 0 Å². The van der Waals surface area contributed by atoms with Gasteiger partial charge < -0.3 is 10.2 Å². The first-order valence-electron chi connectivity index (χ1n) is 9.96. The second-order valence-corrected chi connectivity index (χ2v) is 10.5. The topological polar surface area (TPSA) is 86.8 Å². The van der Waals surface area contributed by atoms with Crippen molar-refractivity contribution in [2.45, 2.75) is 39.4 Å². The van der Waals surface area contributed by atoms with Crippen LogP contribution >= 0.6 is 23.2 Å².